The van der Waals surface area contributed by atoms with E-state index in [2.05, 4.69) is 15.3 Å². The summed E-state index contributed by atoms with van der Waals surface area (Å²) in [6.07, 6.45) is -1.53. The van der Waals surface area contributed by atoms with Crippen molar-refractivity contribution >= 4 is 5.97 Å². The normalized spacial score (nSPS) is 11.6. The topological polar surface area (TPSA) is 80.9 Å². The molecule has 6 nitrogen and oxygen atoms in total. The summed E-state index contributed by atoms with van der Waals surface area (Å²) in [6, 6.07) is 3.36. The van der Waals surface area contributed by atoms with E-state index in [0.717, 1.165) is 0 Å². The highest BCUT2D eigenvalue weighted by Gasteiger charge is 2.41. The summed E-state index contributed by atoms with van der Waals surface area (Å²) in [7, 11) is 0. The molecule has 0 fully saturated rings. The maximum Gasteiger partial charge on any atom is 0.435 e. The molecule has 1 N–H and O–H groups in total. The predicted molar refractivity (Wildman–Crippen MR) is 59.9 cm³/mol. The molecule has 0 unspecified atom stereocenters. The molecule has 0 saturated carbocycles. The van der Waals surface area contributed by atoms with Gasteiger partial charge in [0.05, 0.1) is 0 Å². The summed E-state index contributed by atoms with van der Waals surface area (Å²) < 4.78 is 39.1. The summed E-state index contributed by atoms with van der Waals surface area (Å²) in [4.78, 5) is 14.6. The number of pyridine rings is 1. The first kappa shape index (κ1) is 14.0. The van der Waals surface area contributed by atoms with Crippen molar-refractivity contribution in [3.05, 3.63) is 41.5 Å². The maximum absolute atomic E-state index is 12.9. The third-order valence-electron chi connectivity index (χ3n) is 2.54. The average molecular weight is 286 g/mol. The molecule has 0 atom stereocenters. The van der Waals surface area contributed by atoms with Gasteiger partial charge in [-0.1, -0.05) is 11.3 Å². The van der Waals surface area contributed by atoms with Crippen molar-refractivity contribution in [2.24, 2.45) is 0 Å². The summed E-state index contributed by atoms with van der Waals surface area (Å²) in [6.45, 7) is -0.138. The Hall–Kier alpha value is -2.45. The minimum Gasteiger partial charge on any atom is -0.476 e. The maximum atomic E-state index is 12.9. The van der Waals surface area contributed by atoms with E-state index in [1.165, 1.54) is 6.20 Å². The van der Waals surface area contributed by atoms with Gasteiger partial charge in [0.1, 0.15) is 0 Å². The van der Waals surface area contributed by atoms with Gasteiger partial charge in [0.2, 0.25) is 5.69 Å². The van der Waals surface area contributed by atoms with Gasteiger partial charge in [-0.25, -0.2) is 9.48 Å². The summed E-state index contributed by atoms with van der Waals surface area (Å²) >= 11 is 0. The number of halogens is 3. The lowest BCUT2D eigenvalue weighted by molar-refractivity contribution is -0.144. The summed E-state index contributed by atoms with van der Waals surface area (Å²) in [5.41, 5.74) is -1.73. The Balaban J connectivity index is 2.26. The van der Waals surface area contributed by atoms with E-state index in [1.807, 2.05) is 0 Å². The zero-order valence-corrected chi connectivity index (χ0v) is 10.0. The van der Waals surface area contributed by atoms with Gasteiger partial charge < -0.3 is 5.11 Å². The van der Waals surface area contributed by atoms with E-state index in [0.29, 0.717) is 10.2 Å². The third kappa shape index (κ3) is 2.92. The lowest BCUT2D eigenvalue weighted by Gasteiger charge is -2.09. The van der Waals surface area contributed by atoms with Crippen molar-refractivity contribution < 1.29 is 23.1 Å². The van der Waals surface area contributed by atoms with Crippen LogP contribution in [0.1, 0.15) is 21.7 Å². The Labute approximate surface area is 110 Å². The monoisotopic (exact) mass is 286 g/mol. The Morgan fingerprint density at radius 1 is 1.40 bits per heavy atom. The molecule has 0 aliphatic carbocycles. The van der Waals surface area contributed by atoms with Gasteiger partial charge in [-0.3, -0.25) is 4.98 Å². The Morgan fingerprint density at radius 3 is 2.70 bits per heavy atom. The van der Waals surface area contributed by atoms with Crippen molar-refractivity contribution in [2.75, 3.05) is 0 Å². The summed E-state index contributed by atoms with van der Waals surface area (Å²) in [5, 5.41) is 15.0. The molecule has 9 heteroatoms. The van der Waals surface area contributed by atoms with Gasteiger partial charge in [0.25, 0.3) is 0 Å². The lowest BCUT2D eigenvalue weighted by atomic mass is 10.2. The van der Waals surface area contributed by atoms with E-state index in [-0.39, 0.29) is 13.0 Å². The van der Waals surface area contributed by atoms with Crippen LogP contribution < -0.4 is 0 Å². The van der Waals surface area contributed by atoms with E-state index in [1.54, 1.807) is 18.3 Å². The van der Waals surface area contributed by atoms with Crippen LogP contribution in [0.4, 0.5) is 13.2 Å². The predicted octanol–water partition coefficient (Wildman–Crippen LogP) is 1.63. The molecule has 0 aromatic carbocycles. The number of alkyl halides is 3. The molecule has 20 heavy (non-hydrogen) atoms. The number of aromatic carboxylic acids is 1. The van der Waals surface area contributed by atoms with Crippen LogP contribution in [0.25, 0.3) is 0 Å². The molecule has 0 bridgehead atoms. The van der Waals surface area contributed by atoms with Gasteiger partial charge in [0, 0.05) is 18.9 Å². The van der Waals surface area contributed by atoms with Crippen LogP contribution >= 0.6 is 0 Å². The number of nitrogens with zero attached hydrogens (tertiary/aromatic N) is 4. The van der Waals surface area contributed by atoms with Crippen molar-refractivity contribution in [1.82, 2.24) is 20.0 Å². The first-order valence-corrected chi connectivity index (χ1v) is 5.52. The van der Waals surface area contributed by atoms with E-state index in [9.17, 15) is 18.0 Å². The molecule has 0 saturated heterocycles. The van der Waals surface area contributed by atoms with Gasteiger partial charge in [0.15, 0.2) is 5.69 Å². The van der Waals surface area contributed by atoms with Crippen molar-refractivity contribution in [3.8, 4) is 0 Å². The molecular weight excluding hydrogens is 277 g/mol. The van der Waals surface area contributed by atoms with Gasteiger partial charge in [-0.05, 0) is 18.1 Å². The number of aromatic nitrogens is 4. The zero-order chi connectivity index (χ0) is 14.8. The van der Waals surface area contributed by atoms with Gasteiger partial charge >= 0.3 is 12.1 Å². The van der Waals surface area contributed by atoms with Gasteiger partial charge in [-0.2, -0.15) is 13.2 Å². The average Bonchev–Trinajstić information content (AvgIpc) is 2.81. The van der Waals surface area contributed by atoms with Crippen LogP contribution in [0.15, 0.2) is 24.5 Å². The fourth-order valence-electron chi connectivity index (χ4n) is 1.68. The second kappa shape index (κ2) is 5.27. The van der Waals surface area contributed by atoms with Crippen LogP contribution in [0.3, 0.4) is 0 Å². The molecule has 0 amide bonds. The molecule has 0 spiro atoms. The molecule has 2 aromatic rings. The number of hydrogen-bond donors (Lipinski definition) is 1. The quantitative estimate of drug-likeness (QED) is 0.924. The molecule has 0 aliphatic rings. The van der Waals surface area contributed by atoms with Crippen molar-refractivity contribution in [3.63, 3.8) is 0 Å². The highest BCUT2D eigenvalue weighted by molar-refractivity contribution is 5.86. The Kier molecular flexibility index (Phi) is 3.68. The standard InChI is InChI=1S/C11H9F3N4O2/c12-11(13,14)9-8(10(19)20)16-17-18(9)5-3-7-2-1-4-15-6-7/h1-2,4,6H,3,5H2,(H,19,20). The zero-order valence-electron chi connectivity index (χ0n) is 10.0. The first-order chi connectivity index (χ1) is 9.39. The number of hydrogen-bond acceptors (Lipinski definition) is 4. The highest BCUT2D eigenvalue weighted by atomic mass is 19.4. The Bertz CT molecular complexity index is 610. The van der Waals surface area contributed by atoms with Crippen molar-refractivity contribution in [1.29, 1.82) is 0 Å². The fraction of sp³-hybridized carbons (Fsp3) is 0.273. The largest absolute Gasteiger partial charge is 0.476 e. The number of rotatable bonds is 4. The molecule has 0 radical (unpaired) electrons. The van der Waals surface area contributed by atoms with Crippen LogP contribution in [-0.2, 0) is 19.1 Å². The van der Waals surface area contributed by atoms with Crippen LogP contribution in [0.2, 0.25) is 0 Å². The van der Waals surface area contributed by atoms with E-state index < -0.39 is 23.5 Å². The molecule has 2 aromatic heterocycles. The number of carbonyl (C=O) groups is 1. The van der Waals surface area contributed by atoms with E-state index >= 15 is 0 Å². The number of carboxylic acids is 1. The third-order valence-corrected chi connectivity index (χ3v) is 2.54. The second-order valence-electron chi connectivity index (χ2n) is 3.92. The SMILES string of the molecule is O=C(O)c1nnn(CCc2cccnc2)c1C(F)(F)F. The van der Waals surface area contributed by atoms with Crippen LogP contribution in [-0.4, -0.2) is 31.1 Å². The van der Waals surface area contributed by atoms with Crippen LogP contribution in [0, 0.1) is 0 Å². The molecule has 0 aliphatic heterocycles. The number of carboxylic acid groups (broad SMARTS) is 1. The molecule has 106 valence electrons. The molecule has 2 rings (SSSR count). The summed E-state index contributed by atoms with van der Waals surface area (Å²) in [5.74, 6) is -1.76. The van der Waals surface area contributed by atoms with Crippen molar-refractivity contribution in [2.45, 2.75) is 19.1 Å². The minimum absolute atomic E-state index is 0.138. The molecular formula is C11H9F3N4O2. The number of aryl methyl sites for hydroxylation is 2. The Morgan fingerprint density at radius 2 is 2.15 bits per heavy atom. The lowest BCUT2D eigenvalue weighted by Crippen LogP contribution is -2.19. The molecule has 2 heterocycles. The minimum atomic E-state index is -4.83. The fourth-order valence-corrected chi connectivity index (χ4v) is 1.68. The van der Waals surface area contributed by atoms with Crippen LogP contribution in [0.5, 0.6) is 0 Å². The second-order valence-corrected chi connectivity index (χ2v) is 3.92. The smallest absolute Gasteiger partial charge is 0.435 e. The van der Waals surface area contributed by atoms with Gasteiger partial charge in [-0.15, -0.1) is 5.10 Å². The van der Waals surface area contributed by atoms with E-state index in [4.69, 9.17) is 5.11 Å². The first-order valence-electron chi connectivity index (χ1n) is 5.52. The highest BCUT2D eigenvalue weighted by Crippen LogP contribution is 2.31.